The molecule has 2 atom stereocenters. The number of carbonyl (C=O) groups excluding carboxylic acids is 1. The van der Waals surface area contributed by atoms with Crippen LogP contribution in [0.4, 0.5) is 5.69 Å². The number of para-hydroxylation sites is 4. The minimum absolute atomic E-state index is 0.0437. The van der Waals surface area contributed by atoms with E-state index >= 15 is 0 Å². The molecular weight excluding hydrogens is 446 g/mol. The number of aryl methyl sites for hydroxylation is 1. The molecular formula is C31H35N3O2. The van der Waals surface area contributed by atoms with Gasteiger partial charge >= 0.3 is 0 Å². The molecule has 5 nitrogen and oxygen atoms in total. The number of imidazole rings is 1. The molecule has 0 spiro atoms. The molecule has 4 aromatic rings. The average Bonchev–Trinajstić information content (AvgIpc) is 3.48. The van der Waals surface area contributed by atoms with Crippen LogP contribution in [0, 0.1) is 0 Å². The number of carbonyl (C=O) groups is 1. The topological polar surface area (TPSA) is 47.4 Å². The molecule has 3 aromatic carbocycles. The lowest BCUT2D eigenvalue weighted by Crippen LogP contribution is -2.25. The molecule has 1 aliphatic rings. The van der Waals surface area contributed by atoms with Gasteiger partial charge in [-0.15, -0.1) is 0 Å². The first-order chi connectivity index (χ1) is 17.6. The van der Waals surface area contributed by atoms with Gasteiger partial charge in [-0.1, -0.05) is 69.3 Å². The van der Waals surface area contributed by atoms with Crippen molar-refractivity contribution >= 4 is 22.6 Å². The molecule has 2 unspecified atom stereocenters. The van der Waals surface area contributed by atoms with E-state index in [1.54, 1.807) is 0 Å². The van der Waals surface area contributed by atoms with Gasteiger partial charge in [-0.05, 0) is 54.2 Å². The van der Waals surface area contributed by atoms with Gasteiger partial charge in [-0.2, -0.15) is 0 Å². The fourth-order valence-corrected chi connectivity index (χ4v) is 5.31. The molecule has 1 aliphatic heterocycles. The summed E-state index contributed by atoms with van der Waals surface area (Å²) in [6.07, 6.45) is 2.45. The Hall–Kier alpha value is -3.60. The quantitative estimate of drug-likeness (QED) is 0.267. The summed E-state index contributed by atoms with van der Waals surface area (Å²) in [7, 11) is 0. The monoisotopic (exact) mass is 481 g/mol. The highest BCUT2D eigenvalue weighted by Gasteiger charge is 2.35. The number of hydrogen-bond acceptors (Lipinski definition) is 3. The SMILES string of the molecule is CCc1ccccc1N1CC(c2nc3ccccc3n2CCOc2ccccc2C(C)CC)CC1=O. The molecule has 0 aliphatic carbocycles. The van der Waals surface area contributed by atoms with E-state index in [-0.39, 0.29) is 11.8 Å². The third-order valence-electron chi connectivity index (χ3n) is 7.47. The lowest BCUT2D eigenvalue weighted by Gasteiger charge is -2.20. The third kappa shape index (κ3) is 4.62. The Labute approximate surface area is 213 Å². The third-order valence-corrected chi connectivity index (χ3v) is 7.47. The van der Waals surface area contributed by atoms with Gasteiger partial charge in [0.1, 0.15) is 18.2 Å². The van der Waals surface area contributed by atoms with Gasteiger partial charge in [0.25, 0.3) is 0 Å². The van der Waals surface area contributed by atoms with Crippen molar-refractivity contribution in [3.8, 4) is 5.75 Å². The Balaban J connectivity index is 1.40. The van der Waals surface area contributed by atoms with Gasteiger partial charge in [-0.25, -0.2) is 4.98 Å². The first-order valence-corrected chi connectivity index (χ1v) is 13.2. The summed E-state index contributed by atoms with van der Waals surface area (Å²) in [6.45, 7) is 8.46. The molecule has 0 saturated carbocycles. The summed E-state index contributed by atoms with van der Waals surface area (Å²) in [6, 6.07) is 24.8. The summed E-state index contributed by atoms with van der Waals surface area (Å²) in [4.78, 5) is 20.1. The van der Waals surface area contributed by atoms with E-state index in [0.717, 1.165) is 41.1 Å². The molecule has 1 aromatic heterocycles. The van der Waals surface area contributed by atoms with E-state index in [1.807, 2.05) is 35.2 Å². The summed E-state index contributed by atoms with van der Waals surface area (Å²) in [5, 5.41) is 0. The van der Waals surface area contributed by atoms with Crippen LogP contribution in [0.2, 0.25) is 0 Å². The zero-order chi connectivity index (χ0) is 25.1. The van der Waals surface area contributed by atoms with E-state index in [1.165, 1.54) is 11.1 Å². The maximum absolute atomic E-state index is 13.1. The van der Waals surface area contributed by atoms with Crippen LogP contribution in [0.3, 0.4) is 0 Å². The Morgan fingerprint density at radius 2 is 1.75 bits per heavy atom. The molecule has 0 bridgehead atoms. The van der Waals surface area contributed by atoms with E-state index in [0.29, 0.717) is 32.0 Å². The van der Waals surface area contributed by atoms with Crippen molar-refractivity contribution in [3.05, 3.63) is 89.7 Å². The molecule has 1 saturated heterocycles. The Morgan fingerprint density at radius 3 is 2.58 bits per heavy atom. The maximum Gasteiger partial charge on any atom is 0.227 e. The van der Waals surface area contributed by atoms with Gasteiger partial charge in [0.15, 0.2) is 0 Å². The number of rotatable bonds is 9. The molecule has 0 radical (unpaired) electrons. The molecule has 1 amide bonds. The number of amides is 1. The summed E-state index contributed by atoms with van der Waals surface area (Å²) in [5.74, 6) is 2.59. The molecule has 5 heteroatoms. The van der Waals surface area contributed by atoms with Crippen molar-refractivity contribution in [2.45, 2.75) is 58.4 Å². The van der Waals surface area contributed by atoms with Crippen LogP contribution in [-0.4, -0.2) is 28.6 Å². The second kappa shape index (κ2) is 10.6. The van der Waals surface area contributed by atoms with Crippen LogP contribution in [0.25, 0.3) is 11.0 Å². The van der Waals surface area contributed by atoms with E-state index < -0.39 is 0 Å². The van der Waals surface area contributed by atoms with Crippen LogP contribution in [-0.2, 0) is 17.8 Å². The number of fused-ring (bicyclic) bond motifs is 1. The number of hydrogen-bond donors (Lipinski definition) is 0. The van der Waals surface area contributed by atoms with Crippen molar-refractivity contribution in [2.75, 3.05) is 18.1 Å². The summed E-state index contributed by atoms with van der Waals surface area (Å²) < 4.78 is 8.57. The predicted molar refractivity (Wildman–Crippen MR) is 146 cm³/mol. The van der Waals surface area contributed by atoms with Crippen molar-refractivity contribution < 1.29 is 9.53 Å². The number of benzene rings is 3. The smallest absolute Gasteiger partial charge is 0.227 e. The highest BCUT2D eigenvalue weighted by atomic mass is 16.5. The van der Waals surface area contributed by atoms with E-state index in [4.69, 9.17) is 9.72 Å². The van der Waals surface area contributed by atoms with Gasteiger partial charge in [0.05, 0.1) is 17.6 Å². The first-order valence-electron chi connectivity index (χ1n) is 13.2. The zero-order valence-corrected chi connectivity index (χ0v) is 21.5. The van der Waals surface area contributed by atoms with Gasteiger partial charge in [0.2, 0.25) is 5.91 Å². The molecule has 186 valence electrons. The molecule has 2 heterocycles. The number of ether oxygens (including phenoxy) is 1. The highest BCUT2D eigenvalue weighted by Crippen LogP contribution is 2.35. The van der Waals surface area contributed by atoms with Crippen LogP contribution in [0.15, 0.2) is 72.8 Å². The maximum atomic E-state index is 13.1. The number of anilines is 1. The highest BCUT2D eigenvalue weighted by molar-refractivity contribution is 5.97. The van der Waals surface area contributed by atoms with Crippen molar-refractivity contribution in [2.24, 2.45) is 0 Å². The van der Waals surface area contributed by atoms with E-state index in [9.17, 15) is 4.79 Å². The minimum Gasteiger partial charge on any atom is -0.491 e. The Kier molecular flexibility index (Phi) is 7.08. The first kappa shape index (κ1) is 24.1. The largest absolute Gasteiger partial charge is 0.491 e. The van der Waals surface area contributed by atoms with Gasteiger partial charge in [0, 0.05) is 24.6 Å². The number of nitrogens with zero attached hydrogens (tertiary/aromatic N) is 3. The van der Waals surface area contributed by atoms with Crippen LogP contribution < -0.4 is 9.64 Å². The normalized spacial score (nSPS) is 16.6. The predicted octanol–water partition coefficient (Wildman–Crippen LogP) is 6.71. The fourth-order valence-electron chi connectivity index (χ4n) is 5.31. The summed E-state index contributed by atoms with van der Waals surface area (Å²) in [5.41, 5.74) is 5.54. The molecule has 36 heavy (non-hydrogen) atoms. The van der Waals surface area contributed by atoms with Crippen molar-refractivity contribution in [3.63, 3.8) is 0 Å². The van der Waals surface area contributed by atoms with E-state index in [2.05, 4.69) is 67.8 Å². The van der Waals surface area contributed by atoms with Gasteiger partial charge in [-0.3, -0.25) is 4.79 Å². The lowest BCUT2D eigenvalue weighted by molar-refractivity contribution is -0.117. The molecule has 1 fully saturated rings. The number of aromatic nitrogens is 2. The standard InChI is InChI=1S/C31H35N3O2/c1-4-22(3)25-13-7-11-17-29(25)36-19-18-33-28-16-10-8-14-26(28)32-31(33)24-20-30(35)34(21-24)27-15-9-6-12-23(27)5-2/h6-17,22,24H,4-5,18-21H2,1-3H3. The zero-order valence-electron chi connectivity index (χ0n) is 21.5. The summed E-state index contributed by atoms with van der Waals surface area (Å²) >= 11 is 0. The van der Waals surface area contributed by atoms with Gasteiger partial charge < -0.3 is 14.2 Å². The van der Waals surface area contributed by atoms with Crippen LogP contribution in [0.1, 0.15) is 62.4 Å². The van der Waals surface area contributed by atoms with Crippen LogP contribution in [0.5, 0.6) is 5.75 Å². The van der Waals surface area contributed by atoms with Crippen molar-refractivity contribution in [1.29, 1.82) is 0 Å². The average molecular weight is 482 g/mol. The van der Waals surface area contributed by atoms with Crippen molar-refractivity contribution in [1.82, 2.24) is 9.55 Å². The molecule has 5 rings (SSSR count). The fraction of sp³-hybridized carbons (Fsp3) is 0.355. The lowest BCUT2D eigenvalue weighted by atomic mass is 9.98. The Morgan fingerprint density at radius 1 is 1.00 bits per heavy atom. The minimum atomic E-state index is 0.0437. The second-order valence-electron chi connectivity index (χ2n) is 9.69. The molecule has 0 N–H and O–H groups in total. The van der Waals surface area contributed by atoms with Crippen LogP contribution >= 0.6 is 0 Å². The Bertz CT molecular complexity index is 1360. The second-order valence-corrected chi connectivity index (χ2v) is 9.69.